The smallest absolute Gasteiger partial charge is 0.0592 e. The van der Waals surface area contributed by atoms with Crippen molar-refractivity contribution in [3.8, 4) is 0 Å². The average Bonchev–Trinajstić information content (AvgIpc) is 1.86. The van der Waals surface area contributed by atoms with Crippen molar-refractivity contribution in [3.63, 3.8) is 0 Å². The minimum atomic E-state index is -0.363. The number of pyridine rings is 1. The minimum absolute atomic E-state index is 0.363. The normalized spacial score (nSPS) is 11.6. The van der Waals surface area contributed by atoms with Crippen LogP contribution < -0.4 is 5.73 Å². The Morgan fingerprint density at radius 2 is 2.09 bits per heavy atom. The lowest BCUT2D eigenvalue weighted by Gasteiger charge is -2.18. The van der Waals surface area contributed by atoms with E-state index >= 15 is 0 Å². The molecule has 2 nitrogen and oxygen atoms in total. The second-order valence-corrected chi connectivity index (χ2v) is 3.55. The van der Waals surface area contributed by atoms with Gasteiger partial charge in [0, 0.05) is 17.9 Å². The van der Waals surface area contributed by atoms with E-state index in [1.807, 2.05) is 19.9 Å². The van der Waals surface area contributed by atoms with Gasteiger partial charge in [-0.15, -0.1) is 0 Å². The van der Waals surface area contributed by atoms with E-state index in [1.165, 1.54) is 0 Å². The van der Waals surface area contributed by atoms with Crippen LogP contribution in [0.15, 0.2) is 18.5 Å². The van der Waals surface area contributed by atoms with E-state index in [0.717, 1.165) is 5.56 Å². The molecule has 0 radical (unpaired) electrons. The number of aromatic nitrogens is 1. The number of nitrogens with two attached hydrogens (primary N) is 1. The lowest BCUT2D eigenvalue weighted by molar-refractivity contribution is 0.552. The molecule has 1 aromatic heterocycles. The van der Waals surface area contributed by atoms with Crippen molar-refractivity contribution >= 4 is 11.6 Å². The van der Waals surface area contributed by atoms with Crippen LogP contribution in [0.2, 0.25) is 5.02 Å². The van der Waals surface area contributed by atoms with Crippen molar-refractivity contribution in [2.24, 2.45) is 5.73 Å². The molecule has 0 aromatic carbocycles. The molecule has 0 atom stereocenters. The highest BCUT2D eigenvalue weighted by molar-refractivity contribution is 6.30. The van der Waals surface area contributed by atoms with Gasteiger partial charge in [0.1, 0.15) is 0 Å². The van der Waals surface area contributed by atoms with Gasteiger partial charge in [-0.1, -0.05) is 11.6 Å². The summed E-state index contributed by atoms with van der Waals surface area (Å²) in [5.74, 6) is 0. The zero-order valence-electron chi connectivity index (χ0n) is 6.63. The van der Waals surface area contributed by atoms with Crippen LogP contribution in [0.4, 0.5) is 0 Å². The number of nitrogens with zero attached hydrogens (tertiary/aromatic N) is 1. The summed E-state index contributed by atoms with van der Waals surface area (Å²) < 4.78 is 0. The SMILES string of the molecule is CC(C)(N)c1cncc(Cl)c1. The van der Waals surface area contributed by atoms with Crippen LogP contribution in [0.3, 0.4) is 0 Å². The van der Waals surface area contributed by atoms with Crippen molar-refractivity contribution in [1.82, 2.24) is 4.98 Å². The fourth-order valence-electron chi connectivity index (χ4n) is 0.764. The average molecular weight is 171 g/mol. The van der Waals surface area contributed by atoms with Gasteiger partial charge in [0.05, 0.1) is 5.02 Å². The van der Waals surface area contributed by atoms with Crippen molar-refractivity contribution in [1.29, 1.82) is 0 Å². The maximum Gasteiger partial charge on any atom is 0.0592 e. The molecule has 1 aromatic rings. The van der Waals surface area contributed by atoms with Gasteiger partial charge in [-0.05, 0) is 25.5 Å². The summed E-state index contributed by atoms with van der Waals surface area (Å²) in [6, 6.07) is 1.83. The molecule has 60 valence electrons. The molecule has 11 heavy (non-hydrogen) atoms. The molecule has 0 spiro atoms. The van der Waals surface area contributed by atoms with Crippen LogP contribution in [-0.2, 0) is 5.54 Å². The third-order valence-electron chi connectivity index (χ3n) is 1.45. The number of halogens is 1. The molecule has 0 aliphatic carbocycles. The van der Waals surface area contributed by atoms with Gasteiger partial charge in [-0.3, -0.25) is 4.98 Å². The summed E-state index contributed by atoms with van der Waals surface area (Å²) in [6.07, 6.45) is 3.32. The molecule has 0 aliphatic rings. The van der Waals surface area contributed by atoms with E-state index < -0.39 is 0 Å². The van der Waals surface area contributed by atoms with Gasteiger partial charge in [0.25, 0.3) is 0 Å². The number of hydrogen-bond acceptors (Lipinski definition) is 2. The highest BCUT2D eigenvalue weighted by Gasteiger charge is 2.13. The molecule has 0 aliphatic heterocycles. The molecule has 3 heteroatoms. The fourth-order valence-corrected chi connectivity index (χ4v) is 0.938. The highest BCUT2D eigenvalue weighted by atomic mass is 35.5. The summed E-state index contributed by atoms with van der Waals surface area (Å²) >= 11 is 5.73. The first-order chi connectivity index (χ1) is 5.00. The van der Waals surface area contributed by atoms with Crippen molar-refractivity contribution in [2.45, 2.75) is 19.4 Å². The third-order valence-corrected chi connectivity index (χ3v) is 1.66. The molecular formula is C8H11ClN2. The first-order valence-electron chi connectivity index (χ1n) is 3.40. The summed E-state index contributed by atoms with van der Waals surface area (Å²) in [4.78, 5) is 3.94. The molecule has 1 heterocycles. The molecule has 0 unspecified atom stereocenters. The maximum atomic E-state index is 5.83. The van der Waals surface area contributed by atoms with Gasteiger partial charge in [-0.25, -0.2) is 0 Å². The van der Waals surface area contributed by atoms with E-state index in [-0.39, 0.29) is 5.54 Å². The van der Waals surface area contributed by atoms with Crippen LogP contribution in [0.1, 0.15) is 19.4 Å². The van der Waals surface area contributed by atoms with Gasteiger partial charge in [0.15, 0.2) is 0 Å². The predicted octanol–water partition coefficient (Wildman–Crippen LogP) is 1.93. The number of rotatable bonds is 1. The van der Waals surface area contributed by atoms with Crippen LogP contribution in [0.25, 0.3) is 0 Å². The Morgan fingerprint density at radius 1 is 1.45 bits per heavy atom. The maximum absolute atomic E-state index is 5.83. The lowest BCUT2D eigenvalue weighted by atomic mass is 9.98. The largest absolute Gasteiger partial charge is 0.322 e. The zero-order valence-corrected chi connectivity index (χ0v) is 7.39. The summed E-state index contributed by atoms with van der Waals surface area (Å²) in [5, 5.41) is 0.626. The van der Waals surface area contributed by atoms with Gasteiger partial charge in [-0.2, -0.15) is 0 Å². The van der Waals surface area contributed by atoms with E-state index in [1.54, 1.807) is 12.4 Å². The Balaban J connectivity index is 3.06. The third kappa shape index (κ3) is 2.17. The second kappa shape index (κ2) is 2.80. The van der Waals surface area contributed by atoms with E-state index in [9.17, 15) is 0 Å². The quantitative estimate of drug-likeness (QED) is 0.700. The lowest BCUT2D eigenvalue weighted by Crippen LogP contribution is -2.28. The van der Waals surface area contributed by atoms with Crippen molar-refractivity contribution in [2.75, 3.05) is 0 Å². The minimum Gasteiger partial charge on any atom is -0.322 e. The predicted molar refractivity (Wildman–Crippen MR) is 46.5 cm³/mol. The molecule has 0 bridgehead atoms. The van der Waals surface area contributed by atoms with Gasteiger partial charge < -0.3 is 5.73 Å². The van der Waals surface area contributed by atoms with Crippen LogP contribution >= 0.6 is 11.6 Å². The van der Waals surface area contributed by atoms with Crippen LogP contribution in [-0.4, -0.2) is 4.98 Å². The van der Waals surface area contributed by atoms with E-state index in [0.29, 0.717) is 5.02 Å². The Kier molecular flexibility index (Phi) is 2.16. The van der Waals surface area contributed by atoms with Gasteiger partial charge >= 0.3 is 0 Å². The fraction of sp³-hybridized carbons (Fsp3) is 0.375. The Bertz CT molecular complexity index is 253. The molecule has 0 saturated carbocycles. The second-order valence-electron chi connectivity index (χ2n) is 3.11. The topological polar surface area (TPSA) is 38.9 Å². The monoisotopic (exact) mass is 170 g/mol. The van der Waals surface area contributed by atoms with Crippen LogP contribution in [0.5, 0.6) is 0 Å². The van der Waals surface area contributed by atoms with Gasteiger partial charge in [0.2, 0.25) is 0 Å². The van der Waals surface area contributed by atoms with Crippen LogP contribution in [0, 0.1) is 0 Å². The summed E-state index contributed by atoms with van der Waals surface area (Å²) in [6.45, 7) is 3.83. The van der Waals surface area contributed by atoms with E-state index in [2.05, 4.69) is 4.98 Å². The molecule has 2 N–H and O–H groups in total. The summed E-state index contributed by atoms with van der Waals surface area (Å²) in [7, 11) is 0. The zero-order chi connectivity index (χ0) is 8.48. The molecular weight excluding hydrogens is 160 g/mol. The first-order valence-corrected chi connectivity index (χ1v) is 3.78. The Morgan fingerprint density at radius 3 is 2.45 bits per heavy atom. The highest BCUT2D eigenvalue weighted by Crippen LogP contribution is 2.18. The molecule has 0 amide bonds. The standard InChI is InChI=1S/C8H11ClN2/c1-8(2,10)6-3-7(9)5-11-4-6/h3-5H,10H2,1-2H3. The molecule has 1 rings (SSSR count). The summed E-state index contributed by atoms with van der Waals surface area (Å²) in [5.41, 5.74) is 6.41. The first kappa shape index (κ1) is 8.50. The molecule has 0 saturated heterocycles. The molecule has 0 fully saturated rings. The van der Waals surface area contributed by atoms with Crippen molar-refractivity contribution < 1.29 is 0 Å². The van der Waals surface area contributed by atoms with Crippen molar-refractivity contribution in [3.05, 3.63) is 29.0 Å². The Hall–Kier alpha value is -0.600. The van der Waals surface area contributed by atoms with E-state index in [4.69, 9.17) is 17.3 Å². The Labute approximate surface area is 71.4 Å². The number of hydrogen-bond donors (Lipinski definition) is 1.